The number of hydrogen-bond donors (Lipinski definition) is 2. The second-order valence-electron chi connectivity index (χ2n) is 5.59. The van der Waals surface area contributed by atoms with E-state index >= 15 is 0 Å². The molecule has 1 atom stereocenters. The van der Waals surface area contributed by atoms with Crippen LogP contribution in [0.15, 0.2) is 24.3 Å². The molecular formula is C16H20N2O2. The van der Waals surface area contributed by atoms with Crippen molar-refractivity contribution < 1.29 is 9.90 Å². The van der Waals surface area contributed by atoms with Crippen LogP contribution >= 0.6 is 0 Å². The lowest BCUT2D eigenvalue weighted by Gasteiger charge is -2.20. The van der Waals surface area contributed by atoms with Gasteiger partial charge in [-0.3, -0.25) is 4.79 Å². The molecule has 4 heteroatoms. The molecule has 0 saturated heterocycles. The largest absolute Gasteiger partial charge is 0.481 e. The number of nitrogens with zero attached hydrogens (tertiary/aromatic N) is 1. The fourth-order valence-corrected chi connectivity index (χ4v) is 3.27. The van der Waals surface area contributed by atoms with Crippen LogP contribution in [-0.4, -0.2) is 21.7 Å². The Hall–Kier alpha value is -1.81. The van der Waals surface area contributed by atoms with Crippen LogP contribution in [0.25, 0.3) is 10.9 Å². The second-order valence-corrected chi connectivity index (χ2v) is 5.59. The Morgan fingerprint density at radius 3 is 3.00 bits per heavy atom. The van der Waals surface area contributed by atoms with Crippen LogP contribution < -0.4 is 5.73 Å². The third-order valence-electron chi connectivity index (χ3n) is 4.18. The highest BCUT2D eigenvalue weighted by Gasteiger charge is 2.23. The zero-order valence-corrected chi connectivity index (χ0v) is 11.5. The highest BCUT2D eigenvalue weighted by molar-refractivity contribution is 5.86. The van der Waals surface area contributed by atoms with Crippen LogP contribution in [0.2, 0.25) is 0 Å². The number of carbonyl (C=O) groups is 1. The number of aliphatic carboxylic acids is 1. The summed E-state index contributed by atoms with van der Waals surface area (Å²) in [5.74, 6) is -0.725. The molecule has 1 aliphatic rings. The van der Waals surface area contributed by atoms with Crippen molar-refractivity contribution in [3.63, 3.8) is 0 Å². The fourth-order valence-electron chi connectivity index (χ4n) is 3.27. The second kappa shape index (κ2) is 5.29. The molecule has 0 amide bonds. The van der Waals surface area contributed by atoms with Crippen LogP contribution in [0.5, 0.6) is 0 Å². The molecular weight excluding hydrogens is 252 g/mol. The molecule has 1 aromatic heterocycles. The zero-order chi connectivity index (χ0) is 14.1. The molecule has 2 aromatic rings. The van der Waals surface area contributed by atoms with Gasteiger partial charge in [0.25, 0.3) is 0 Å². The summed E-state index contributed by atoms with van der Waals surface area (Å²) in [7, 11) is 0. The third-order valence-corrected chi connectivity index (χ3v) is 4.18. The number of rotatable bonds is 4. The number of carboxylic acid groups (broad SMARTS) is 1. The standard InChI is InChI=1S/C16H20N2O2/c17-11-7-8-15-13(10-11)12-4-1-2-5-14(12)18(15)9-3-6-16(19)20/h1-2,4-5,11H,3,6-10,17H2,(H,19,20)/t11-/m1/s1. The van der Waals surface area contributed by atoms with Crippen LogP contribution in [0.3, 0.4) is 0 Å². The normalized spacial score (nSPS) is 18.1. The maximum Gasteiger partial charge on any atom is 0.303 e. The highest BCUT2D eigenvalue weighted by Crippen LogP contribution is 2.32. The molecule has 4 nitrogen and oxygen atoms in total. The van der Waals surface area contributed by atoms with Gasteiger partial charge in [0.1, 0.15) is 0 Å². The van der Waals surface area contributed by atoms with Gasteiger partial charge in [0.2, 0.25) is 0 Å². The van der Waals surface area contributed by atoms with E-state index < -0.39 is 5.97 Å². The van der Waals surface area contributed by atoms with E-state index in [4.69, 9.17) is 10.8 Å². The Kier molecular flexibility index (Phi) is 3.49. The number of carboxylic acids is 1. The van der Waals surface area contributed by atoms with Crippen LogP contribution in [0, 0.1) is 0 Å². The van der Waals surface area contributed by atoms with E-state index in [2.05, 4.69) is 22.8 Å². The van der Waals surface area contributed by atoms with E-state index in [-0.39, 0.29) is 12.5 Å². The minimum Gasteiger partial charge on any atom is -0.481 e. The average molecular weight is 272 g/mol. The van der Waals surface area contributed by atoms with Gasteiger partial charge in [0.05, 0.1) is 0 Å². The van der Waals surface area contributed by atoms with Crippen LogP contribution in [0.1, 0.15) is 30.5 Å². The van der Waals surface area contributed by atoms with Crippen molar-refractivity contribution in [2.24, 2.45) is 5.73 Å². The predicted octanol–water partition coefficient (Wildman–Crippen LogP) is 2.32. The van der Waals surface area contributed by atoms with Gasteiger partial charge < -0.3 is 15.4 Å². The van der Waals surface area contributed by atoms with Crippen molar-refractivity contribution >= 4 is 16.9 Å². The number of fused-ring (bicyclic) bond motifs is 3. The molecule has 1 heterocycles. The van der Waals surface area contributed by atoms with Gasteiger partial charge in [-0.2, -0.15) is 0 Å². The molecule has 3 rings (SSSR count). The summed E-state index contributed by atoms with van der Waals surface area (Å²) < 4.78 is 2.31. The summed E-state index contributed by atoms with van der Waals surface area (Å²) in [5, 5.41) is 10.1. The SMILES string of the molecule is N[C@@H]1CCc2c(c3ccccc3n2CCCC(=O)O)C1. The summed E-state index contributed by atoms with van der Waals surface area (Å²) in [6.07, 6.45) is 3.84. The molecule has 0 saturated carbocycles. The number of aromatic nitrogens is 1. The van der Waals surface area contributed by atoms with Gasteiger partial charge in [-0.1, -0.05) is 18.2 Å². The lowest BCUT2D eigenvalue weighted by atomic mass is 9.92. The number of nitrogens with two attached hydrogens (primary N) is 1. The molecule has 106 valence electrons. The molecule has 0 aliphatic heterocycles. The number of para-hydroxylation sites is 1. The van der Waals surface area contributed by atoms with Crippen molar-refractivity contribution in [2.75, 3.05) is 0 Å². The molecule has 1 aliphatic carbocycles. The molecule has 1 aromatic carbocycles. The highest BCUT2D eigenvalue weighted by atomic mass is 16.4. The Morgan fingerprint density at radius 2 is 2.20 bits per heavy atom. The molecule has 3 N–H and O–H groups in total. The number of benzene rings is 1. The molecule has 0 fully saturated rings. The van der Waals surface area contributed by atoms with E-state index in [0.29, 0.717) is 6.42 Å². The first-order chi connectivity index (χ1) is 9.66. The first kappa shape index (κ1) is 13.2. The smallest absolute Gasteiger partial charge is 0.303 e. The topological polar surface area (TPSA) is 68.2 Å². The maximum absolute atomic E-state index is 10.7. The molecule has 0 unspecified atom stereocenters. The van der Waals surface area contributed by atoms with Crippen LogP contribution in [0.4, 0.5) is 0 Å². The summed E-state index contributed by atoms with van der Waals surface area (Å²) in [6, 6.07) is 8.63. The van der Waals surface area contributed by atoms with E-state index in [1.54, 1.807) is 0 Å². The van der Waals surface area contributed by atoms with Gasteiger partial charge in [-0.15, -0.1) is 0 Å². The fraction of sp³-hybridized carbons (Fsp3) is 0.438. The van der Waals surface area contributed by atoms with E-state index in [1.165, 1.54) is 22.2 Å². The van der Waals surface area contributed by atoms with E-state index in [9.17, 15) is 4.79 Å². The molecule has 0 spiro atoms. The lowest BCUT2D eigenvalue weighted by Crippen LogP contribution is -2.28. The molecule has 0 bridgehead atoms. The summed E-state index contributed by atoms with van der Waals surface area (Å²) in [5.41, 5.74) is 10.1. The minimum absolute atomic E-state index is 0.223. The van der Waals surface area contributed by atoms with Gasteiger partial charge in [0, 0.05) is 35.6 Å². The molecule has 20 heavy (non-hydrogen) atoms. The summed E-state index contributed by atoms with van der Waals surface area (Å²) in [6.45, 7) is 0.775. The van der Waals surface area contributed by atoms with E-state index in [0.717, 1.165) is 25.8 Å². The van der Waals surface area contributed by atoms with Crippen molar-refractivity contribution in [3.8, 4) is 0 Å². The number of hydrogen-bond acceptors (Lipinski definition) is 2. The van der Waals surface area contributed by atoms with Gasteiger partial charge in [-0.05, 0) is 37.3 Å². The maximum atomic E-state index is 10.7. The lowest BCUT2D eigenvalue weighted by molar-refractivity contribution is -0.137. The monoisotopic (exact) mass is 272 g/mol. The van der Waals surface area contributed by atoms with Gasteiger partial charge >= 0.3 is 5.97 Å². The third kappa shape index (κ3) is 2.31. The zero-order valence-electron chi connectivity index (χ0n) is 11.5. The van der Waals surface area contributed by atoms with Gasteiger partial charge in [0.15, 0.2) is 0 Å². The molecule has 0 radical (unpaired) electrons. The van der Waals surface area contributed by atoms with Crippen LogP contribution in [-0.2, 0) is 24.2 Å². The van der Waals surface area contributed by atoms with Crippen molar-refractivity contribution in [1.29, 1.82) is 0 Å². The van der Waals surface area contributed by atoms with Crippen molar-refractivity contribution in [1.82, 2.24) is 4.57 Å². The summed E-state index contributed by atoms with van der Waals surface area (Å²) in [4.78, 5) is 10.7. The van der Waals surface area contributed by atoms with Gasteiger partial charge in [-0.25, -0.2) is 0 Å². The first-order valence-electron chi connectivity index (χ1n) is 7.23. The predicted molar refractivity (Wildman–Crippen MR) is 78.8 cm³/mol. The Morgan fingerprint density at radius 1 is 1.40 bits per heavy atom. The average Bonchev–Trinajstić information content (AvgIpc) is 2.73. The van der Waals surface area contributed by atoms with E-state index in [1.807, 2.05) is 6.07 Å². The number of aryl methyl sites for hydroxylation is 1. The summed E-state index contributed by atoms with van der Waals surface area (Å²) >= 11 is 0. The Labute approximate surface area is 118 Å². The Balaban J connectivity index is 2.00. The van der Waals surface area contributed by atoms with Crippen molar-refractivity contribution in [2.45, 2.75) is 44.7 Å². The minimum atomic E-state index is -0.725. The quantitative estimate of drug-likeness (QED) is 0.897. The Bertz CT molecular complexity index is 645. The van der Waals surface area contributed by atoms with Crippen molar-refractivity contribution in [3.05, 3.63) is 35.5 Å². The first-order valence-corrected chi connectivity index (χ1v) is 7.23.